The van der Waals surface area contributed by atoms with Gasteiger partial charge in [-0.1, -0.05) is 13.8 Å². The van der Waals surface area contributed by atoms with E-state index < -0.39 is 0 Å². The number of nitrogens with zero attached hydrogens (tertiary/aromatic N) is 3. The van der Waals surface area contributed by atoms with E-state index in [4.69, 9.17) is 0 Å². The molecule has 112 valence electrons. The van der Waals surface area contributed by atoms with Crippen molar-refractivity contribution < 1.29 is 0 Å². The Morgan fingerprint density at radius 2 is 1.95 bits per heavy atom. The first-order valence-corrected chi connectivity index (χ1v) is 8.30. The number of aromatic nitrogens is 3. The summed E-state index contributed by atoms with van der Waals surface area (Å²) in [5, 5.41) is 8.24. The molecule has 2 aromatic rings. The summed E-state index contributed by atoms with van der Waals surface area (Å²) in [6.45, 7) is 5.43. The fourth-order valence-electron chi connectivity index (χ4n) is 3.34. The third-order valence-corrected chi connectivity index (χ3v) is 4.96. The SMILES string of the molecule is CC(C)c1cc2c(NCC(C3CC3)C3CC3)nccn2n1. The van der Waals surface area contributed by atoms with E-state index >= 15 is 0 Å². The van der Waals surface area contributed by atoms with Crippen molar-refractivity contribution in [3.05, 3.63) is 24.2 Å². The van der Waals surface area contributed by atoms with Crippen LogP contribution in [0.2, 0.25) is 0 Å². The zero-order chi connectivity index (χ0) is 14.4. The zero-order valence-corrected chi connectivity index (χ0v) is 12.9. The summed E-state index contributed by atoms with van der Waals surface area (Å²) in [4.78, 5) is 4.54. The third kappa shape index (κ3) is 2.63. The molecule has 0 amide bonds. The van der Waals surface area contributed by atoms with Crippen LogP contribution < -0.4 is 5.32 Å². The van der Waals surface area contributed by atoms with Crippen molar-refractivity contribution >= 4 is 11.3 Å². The Morgan fingerprint density at radius 1 is 1.24 bits per heavy atom. The van der Waals surface area contributed by atoms with Crippen molar-refractivity contribution in [2.24, 2.45) is 17.8 Å². The lowest BCUT2D eigenvalue weighted by Gasteiger charge is -2.16. The molecule has 0 saturated heterocycles. The third-order valence-electron chi connectivity index (χ3n) is 4.96. The van der Waals surface area contributed by atoms with Crippen LogP contribution in [0.3, 0.4) is 0 Å². The Morgan fingerprint density at radius 3 is 2.57 bits per heavy atom. The van der Waals surface area contributed by atoms with Crippen LogP contribution in [-0.2, 0) is 0 Å². The molecule has 4 heteroatoms. The van der Waals surface area contributed by atoms with Crippen LogP contribution in [0, 0.1) is 17.8 Å². The number of hydrogen-bond donors (Lipinski definition) is 1. The lowest BCUT2D eigenvalue weighted by Crippen LogP contribution is -2.19. The van der Waals surface area contributed by atoms with Crippen LogP contribution in [0.15, 0.2) is 18.5 Å². The monoisotopic (exact) mass is 284 g/mol. The van der Waals surface area contributed by atoms with Gasteiger partial charge in [0.2, 0.25) is 0 Å². The van der Waals surface area contributed by atoms with E-state index in [0.717, 1.165) is 41.3 Å². The normalized spacial score (nSPS) is 18.9. The summed E-state index contributed by atoms with van der Waals surface area (Å²) in [5.41, 5.74) is 2.23. The van der Waals surface area contributed by atoms with Crippen molar-refractivity contribution in [3.8, 4) is 0 Å². The van der Waals surface area contributed by atoms with Gasteiger partial charge in [0.05, 0.1) is 5.69 Å². The number of fused-ring (bicyclic) bond motifs is 1. The first-order valence-electron chi connectivity index (χ1n) is 8.30. The van der Waals surface area contributed by atoms with Crippen LogP contribution in [-0.4, -0.2) is 21.1 Å². The van der Waals surface area contributed by atoms with E-state index in [1.165, 1.54) is 25.7 Å². The number of rotatable bonds is 6. The van der Waals surface area contributed by atoms with Crippen LogP contribution in [0.4, 0.5) is 5.82 Å². The van der Waals surface area contributed by atoms with Crippen LogP contribution in [0.25, 0.3) is 5.52 Å². The average Bonchev–Trinajstić information content (AvgIpc) is 3.38. The predicted octanol–water partition coefficient (Wildman–Crippen LogP) is 3.70. The quantitative estimate of drug-likeness (QED) is 0.879. The fraction of sp³-hybridized carbons (Fsp3) is 0.647. The first kappa shape index (κ1) is 13.1. The minimum absolute atomic E-state index is 0.448. The molecule has 1 N–H and O–H groups in total. The van der Waals surface area contributed by atoms with E-state index in [1.807, 2.05) is 16.9 Å². The van der Waals surface area contributed by atoms with Gasteiger partial charge in [-0.3, -0.25) is 0 Å². The van der Waals surface area contributed by atoms with Crippen molar-refractivity contribution in [1.29, 1.82) is 0 Å². The highest BCUT2D eigenvalue weighted by atomic mass is 15.2. The van der Waals surface area contributed by atoms with Gasteiger partial charge >= 0.3 is 0 Å². The molecular formula is C17H24N4. The van der Waals surface area contributed by atoms with Gasteiger partial charge < -0.3 is 5.32 Å². The van der Waals surface area contributed by atoms with Crippen LogP contribution in [0.1, 0.15) is 51.1 Å². The summed E-state index contributed by atoms with van der Waals surface area (Å²) in [6, 6.07) is 2.17. The maximum absolute atomic E-state index is 4.63. The Hall–Kier alpha value is -1.58. The molecule has 0 radical (unpaired) electrons. The van der Waals surface area contributed by atoms with Gasteiger partial charge in [0.1, 0.15) is 5.52 Å². The molecule has 0 atom stereocenters. The summed E-state index contributed by atoms with van der Waals surface area (Å²) in [5.74, 6) is 4.24. The van der Waals surface area contributed by atoms with Gasteiger partial charge in [-0.25, -0.2) is 9.50 Å². The Balaban J connectivity index is 1.54. The molecule has 2 fully saturated rings. The second-order valence-electron chi connectivity index (χ2n) is 7.05. The maximum atomic E-state index is 4.63. The highest BCUT2D eigenvalue weighted by Crippen LogP contribution is 2.49. The van der Waals surface area contributed by atoms with Gasteiger partial charge in [0, 0.05) is 18.9 Å². The summed E-state index contributed by atoms with van der Waals surface area (Å²) in [6.07, 6.45) is 9.52. The molecule has 0 unspecified atom stereocenters. The second-order valence-corrected chi connectivity index (χ2v) is 7.05. The lowest BCUT2D eigenvalue weighted by atomic mass is 9.98. The van der Waals surface area contributed by atoms with E-state index in [2.05, 4.69) is 35.3 Å². The summed E-state index contributed by atoms with van der Waals surface area (Å²) < 4.78 is 1.95. The summed E-state index contributed by atoms with van der Waals surface area (Å²) >= 11 is 0. The topological polar surface area (TPSA) is 42.2 Å². The van der Waals surface area contributed by atoms with Crippen molar-refractivity contribution in [3.63, 3.8) is 0 Å². The molecule has 2 aliphatic rings. The van der Waals surface area contributed by atoms with E-state index in [1.54, 1.807) is 0 Å². The number of hydrogen-bond acceptors (Lipinski definition) is 3. The Kier molecular flexibility index (Phi) is 3.12. The predicted molar refractivity (Wildman–Crippen MR) is 84.5 cm³/mol. The molecule has 0 aromatic carbocycles. The number of anilines is 1. The van der Waals surface area contributed by atoms with E-state index in [-0.39, 0.29) is 0 Å². The van der Waals surface area contributed by atoms with E-state index in [0.29, 0.717) is 5.92 Å². The molecule has 4 nitrogen and oxygen atoms in total. The Labute approximate surface area is 126 Å². The Bertz CT molecular complexity index is 625. The minimum Gasteiger partial charge on any atom is -0.368 e. The van der Waals surface area contributed by atoms with Gasteiger partial charge in [-0.05, 0) is 55.4 Å². The molecule has 2 aromatic heterocycles. The van der Waals surface area contributed by atoms with Crippen LogP contribution in [0.5, 0.6) is 0 Å². The van der Waals surface area contributed by atoms with Crippen molar-refractivity contribution in [1.82, 2.24) is 14.6 Å². The zero-order valence-electron chi connectivity index (χ0n) is 12.9. The molecule has 2 saturated carbocycles. The number of nitrogens with one attached hydrogen (secondary N) is 1. The maximum Gasteiger partial charge on any atom is 0.152 e. The molecule has 0 bridgehead atoms. The molecular weight excluding hydrogens is 260 g/mol. The van der Waals surface area contributed by atoms with Gasteiger partial charge in [-0.15, -0.1) is 0 Å². The smallest absolute Gasteiger partial charge is 0.152 e. The second kappa shape index (κ2) is 5.00. The van der Waals surface area contributed by atoms with E-state index in [9.17, 15) is 0 Å². The minimum atomic E-state index is 0.448. The van der Waals surface area contributed by atoms with Gasteiger partial charge in [0.15, 0.2) is 5.82 Å². The first-order chi connectivity index (χ1) is 10.2. The fourth-order valence-corrected chi connectivity index (χ4v) is 3.34. The molecule has 0 spiro atoms. The molecule has 21 heavy (non-hydrogen) atoms. The van der Waals surface area contributed by atoms with Gasteiger partial charge in [0.25, 0.3) is 0 Å². The standard InChI is InChI=1S/C17H24N4/c1-11(2)15-9-16-17(18-7-8-21(16)20-15)19-10-14(12-3-4-12)13-5-6-13/h7-9,11-14H,3-6,10H2,1-2H3,(H,18,19). The van der Waals surface area contributed by atoms with Crippen LogP contribution >= 0.6 is 0 Å². The van der Waals surface area contributed by atoms with Crippen molar-refractivity contribution in [2.45, 2.75) is 45.4 Å². The largest absolute Gasteiger partial charge is 0.368 e. The highest BCUT2D eigenvalue weighted by molar-refractivity contribution is 5.67. The molecule has 2 aliphatic carbocycles. The molecule has 4 rings (SSSR count). The van der Waals surface area contributed by atoms with Crippen molar-refractivity contribution in [2.75, 3.05) is 11.9 Å². The molecule has 0 aliphatic heterocycles. The molecule has 2 heterocycles. The summed E-state index contributed by atoms with van der Waals surface area (Å²) in [7, 11) is 0. The lowest BCUT2D eigenvalue weighted by molar-refractivity contribution is 0.428. The van der Waals surface area contributed by atoms with Gasteiger partial charge in [-0.2, -0.15) is 5.10 Å². The highest BCUT2D eigenvalue weighted by Gasteiger charge is 2.41. The average molecular weight is 284 g/mol.